The minimum Gasteiger partial charge on any atom is -0.339 e. The maximum atomic E-state index is 5.72. The lowest BCUT2D eigenvalue weighted by Crippen LogP contribution is -2.22. The predicted molar refractivity (Wildman–Crippen MR) is 61.1 cm³/mol. The molecule has 76 valence electrons. The lowest BCUT2D eigenvalue weighted by molar-refractivity contribution is 0.678. The molecule has 0 aromatic carbocycles. The minimum absolute atomic E-state index is 0.529. The fourth-order valence-corrected chi connectivity index (χ4v) is 2.17. The van der Waals surface area contributed by atoms with E-state index in [1.165, 1.54) is 0 Å². The average molecular weight is 277 g/mol. The van der Waals surface area contributed by atoms with Crippen LogP contribution in [-0.2, 0) is 0 Å². The van der Waals surface area contributed by atoms with Gasteiger partial charge in [0.15, 0.2) is 0 Å². The van der Waals surface area contributed by atoms with Gasteiger partial charge in [-0.05, 0) is 5.92 Å². The summed E-state index contributed by atoms with van der Waals surface area (Å²) in [5.74, 6) is 1.40. The molecule has 2 unspecified atom stereocenters. The highest BCUT2D eigenvalue weighted by Crippen LogP contribution is 2.25. The number of nitrogens with zero attached hydrogens (tertiary/aromatic N) is 3. The molecule has 14 heavy (non-hydrogen) atoms. The number of alkyl halides is 1. The highest BCUT2D eigenvalue weighted by Gasteiger charge is 2.28. The van der Waals surface area contributed by atoms with E-state index in [2.05, 4.69) is 37.7 Å². The number of anilines is 1. The molecular weight excluding hydrogens is 265 g/mol. The number of rotatable bonds is 1. The Hall–Kier alpha value is -0.350. The van der Waals surface area contributed by atoms with Gasteiger partial charge in [-0.2, -0.15) is 0 Å². The molecule has 1 aromatic rings. The molecule has 0 N–H and O–H groups in total. The molecule has 2 rings (SSSR count). The van der Waals surface area contributed by atoms with E-state index in [1.807, 2.05) is 0 Å². The Morgan fingerprint density at radius 1 is 1.43 bits per heavy atom. The van der Waals surface area contributed by atoms with Crippen LogP contribution in [0.25, 0.3) is 0 Å². The monoisotopic (exact) mass is 275 g/mol. The van der Waals surface area contributed by atoms with E-state index in [-0.39, 0.29) is 0 Å². The van der Waals surface area contributed by atoms with Gasteiger partial charge in [0.1, 0.15) is 0 Å². The van der Waals surface area contributed by atoms with E-state index in [0.29, 0.717) is 15.8 Å². The van der Waals surface area contributed by atoms with Gasteiger partial charge in [-0.15, -0.1) is 0 Å². The van der Waals surface area contributed by atoms with Gasteiger partial charge in [0.05, 0.1) is 17.4 Å². The molecule has 0 radical (unpaired) electrons. The summed E-state index contributed by atoms with van der Waals surface area (Å²) in [6, 6.07) is 0. The van der Waals surface area contributed by atoms with Gasteiger partial charge in [-0.25, -0.2) is 9.97 Å². The van der Waals surface area contributed by atoms with Gasteiger partial charge in [0, 0.05) is 17.9 Å². The molecule has 0 amide bonds. The van der Waals surface area contributed by atoms with Gasteiger partial charge in [0.25, 0.3) is 0 Å². The Morgan fingerprint density at radius 3 is 2.57 bits per heavy atom. The number of halogens is 2. The van der Waals surface area contributed by atoms with E-state index in [4.69, 9.17) is 11.6 Å². The molecule has 1 fully saturated rings. The lowest BCUT2D eigenvalue weighted by Gasteiger charge is -2.14. The van der Waals surface area contributed by atoms with Crippen LogP contribution in [0.2, 0.25) is 5.02 Å². The van der Waals surface area contributed by atoms with Crippen LogP contribution in [0.1, 0.15) is 6.92 Å². The van der Waals surface area contributed by atoms with Crippen LogP contribution in [0.4, 0.5) is 5.95 Å². The van der Waals surface area contributed by atoms with Gasteiger partial charge in [-0.1, -0.05) is 34.5 Å². The first kappa shape index (κ1) is 10.2. The predicted octanol–water partition coefficient (Wildman–Crippen LogP) is 2.35. The zero-order valence-corrected chi connectivity index (χ0v) is 10.2. The summed E-state index contributed by atoms with van der Waals surface area (Å²) in [5.41, 5.74) is 0. The second-order valence-electron chi connectivity index (χ2n) is 3.60. The van der Waals surface area contributed by atoms with Crippen molar-refractivity contribution in [2.75, 3.05) is 18.0 Å². The van der Waals surface area contributed by atoms with E-state index in [1.54, 1.807) is 12.4 Å². The quantitative estimate of drug-likeness (QED) is 0.737. The van der Waals surface area contributed by atoms with Crippen molar-refractivity contribution >= 4 is 33.5 Å². The maximum absolute atomic E-state index is 5.72. The number of hydrogen-bond acceptors (Lipinski definition) is 3. The molecule has 5 heteroatoms. The van der Waals surface area contributed by atoms with Crippen LogP contribution in [0.5, 0.6) is 0 Å². The van der Waals surface area contributed by atoms with Crippen LogP contribution < -0.4 is 4.90 Å². The molecule has 3 nitrogen and oxygen atoms in total. The van der Waals surface area contributed by atoms with Crippen molar-refractivity contribution in [3.63, 3.8) is 0 Å². The third-order valence-electron chi connectivity index (χ3n) is 2.41. The van der Waals surface area contributed by atoms with Crippen LogP contribution in [0.15, 0.2) is 12.4 Å². The highest BCUT2D eigenvalue weighted by molar-refractivity contribution is 9.09. The summed E-state index contributed by atoms with van der Waals surface area (Å²) < 4.78 is 0. The number of hydrogen-bond donors (Lipinski definition) is 0. The smallest absolute Gasteiger partial charge is 0.225 e. The molecule has 2 heterocycles. The molecule has 1 saturated heterocycles. The first-order chi connectivity index (χ1) is 6.66. The van der Waals surface area contributed by atoms with Gasteiger partial charge in [-0.3, -0.25) is 0 Å². The Kier molecular flexibility index (Phi) is 2.93. The largest absolute Gasteiger partial charge is 0.339 e. The van der Waals surface area contributed by atoms with Crippen LogP contribution in [0.3, 0.4) is 0 Å². The minimum atomic E-state index is 0.529. The summed E-state index contributed by atoms with van der Waals surface area (Å²) in [6.07, 6.45) is 3.27. The average Bonchev–Trinajstić information content (AvgIpc) is 2.48. The number of aromatic nitrogens is 2. The van der Waals surface area contributed by atoms with Crippen molar-refractivity contribution in [2.45, 2.75) is 11.8 Å². The standard InChI is InChI=1S/C9H11BrClN3/c1-6-4-14(5-8(6)10)9-12-2-7(11)3-13-9/h2-3,6,8H,4-5H2,1H3. The second-order valence-corrected chi connectivity index (χ2v) is 5.21. The van der Waals surface area contributed by atoms with E-state index in [9.17, 15) is 0 Å². The van der Waals surface area contributed by atoms with Crippen LogP contribution >= 0.6 is 27.5 Å². The first-order valence-electron chi connectivity index (χ1n) is 4.53. The molecule has 0 spiro atoms. The Labute approximate surface area is 96.6 Å². The van der Waals surface area contributed by atoms with Crippen molar-refractivity contribution in [3.05, 3.63) is 17.4 Å². The Balaban J connectivity index is 2.13. The van der Waals surface area contributed by atoms with Crippen molar-refractivity contribution in [1.82, 2.24) is 9.97 Å². The summed E-state index contributed by atoms with van der Waals surface area (Å²) in [6.45, 7) is 4.18. The van der Waals surface area contributed by atoms with Gasteiger partial charge < -0.3 is 4.90 Å². The van der Waals surface area contributed by atoms with Gasteiger partial charge >= 0.3 is 0 Å². The lowest BCUT2D eigenvalue weighted by atomic mass is 10.2. The molecule has 0 bridgehead atoms. The second kappa shape index (κ2) is 4.03. The van der Waals surface area contributed by atoms with Crippen molar-refractivity contribution < 1.29 is 0 Å². The van der Waals surface area contributed by atoms with Crippen molar-refractivity contribution in [1.29, 1.82) is 0 Å². The molecule has 1 aliphatic rings. The van der Waals surface area contributed by atoms with E-state index >= 15 is 0 Å². The maximum Gasteiger partial charge on any atom is 0.225 e. The van der Waals surface area contributed by atoms with Crippen molar-refractivity contribution in [2.24, 2.45) is 5.92 Å². The van der Waals surface area contributed by atoms with Crippen LogP contribution in [0, 0.1) is 5.92 Å². The fourth-order valence-electron chi connectivity index (χ4n) is 1.56. The molecule has 1 aliphatic heterocycles. The molecule has 0 saturated carbocycles. The fraction of sp³-hybridized carbons (Fsp3) is 0.556. The molecular formula is C9H11BrClN3. The summed E-state index contributed by atoms with van der Waals surface area (Å²) >= 11 is 9.36. The summed E-state index contributed by atoms with van der Waals surface area (Å²) in [4.78, 5) is 11.1. The normalized spacial score (nSPS) is 26.9. The Morgan fingerprint density at radius 2 is 2.07 bits per heavy atom. The van der Waals surface area contributed by atoms with E-state index < -0.39 is 0 Å². The SMILES string of the molecule is CC1CN(c2ncc(Cl)cn2)CC1Br. The van der Waals surface area contributed by atoms with E-state index in [0.717, 1.165) is 19.0 Å². The molecule has 2 atom stereocenters. The first-order valence-corrected chi connectivity index (χ1v) is 5.83. The third kappa shape index (κ3) is 2.01. The zero-order chi connectivity index (χ0) is 10.1. The Bertz CT molecular complexity index is 306. The van der Waals surface area contributed by atoms with Crippen LogP contribution in [-0.4, -0.2) is 27.9 Å². The summed E-state index contributed by atoms with van der Waals surface area (Å²) in [7, 11) is 0. The molecule has 1 aromatic heterocycles. The highest BCUT2D eigenvalue weighted by atomic mass is 79.9. The van der Waals surface area contributed by atoms with Gasteiger partial charge in [0.2, 0.25) is 5.95 Å². The zero-order valence-electron chi connectivity index (χ0n) is 7.82. The third-order valence-corrected chi connectivity index (χ3v) is 3.80. The van der Waals surface area contributed by atoms with Crippen molar-refractivity contribution in [3.8, 4) is 0 Å². The molecule has 0 aliphatic carbocycles. The topological polar surface area (TPSA) is 29.0 Å². The summed E-state index contributed by atoms with van der Waals surface area (Å²) in [5, 5.41) is 0.580.